The third kappa shape index (κ3) is 2.94. The van der Waals surface area contributed by atoms with Crippen LogP contribution in [-0.2, 0) is 11.3 Å². The molecule has 0 aliphatic carbocycles. The molecule has 3 aromatic rings. The highest BCUT2D eigenvalue weighted by Crippen LogP contribution is 2.25. The number of benzene rings is 2. The fourth-order valence-corrected chi connectivity index (χ4v) is 3.08. The van der Waals surface area contributed by atoms with Crippen LogP contribution in [0.4, 0.5) is 0 Å². The smallest absolute Gasteiger partial charge is 0.235 e. The second-order valence-electron chi connectivity index (χ2n) is 5.91. The molecule has 24 heavy (non-hydrogen) atoms. The summed E-state index contributed by atoms with van der Waals surface area (Å²) in [5.41, 5.74) is 3.24. The predicted molar refractivity (Wildman–Crippen MR) is 91.3 cm³/mol. The number of aromatic nitrogens is 2. The molecule has 1 atom stereocenters. The normalized spacial score (nSPS) is 17.8. The first-order valence-electron chi connectivity index (χ1n) is 7.97. The summed E-state index contributed by atoms with van der Waals surface area (Å²) in [5, 5.41) is 7.34. The molecule has 0 unspecified atom stereocenters. The van der Waals surface area contributed by atoms with Crippen LogP contribution in [0.5, 0.6) is 0 Å². The molecule has 5 heteroatoms. The molecule has 2 heterocycles. The van der Waals surface area contributed by atoms with Crippen LogP contribution in [-0.4, -0.2) is 27.1 Å². The Morgan fingerprint density at radius 2 is 1.96 bits per heavy atom. The molecule has 0 radical (unpaired) electrons. The van der Waals surface area contributed by atoms with Crippen molar-refractivity contribution in [1.82, 2.24) is 20.0 Å². The zero-order chi connectivity index (χ0) is 16.4. The first-order valence-corrected chi connectivity index (χ1v) is 7.97. The lowest BCUT2D eigenvalue weighted by atomic mass is 10.1. The highest BCUT2D eigenvalue weighted by molar-refractivity contribution is 5.80. The average Bonchev–Trinajstić information content (AvgIpc) is 3.26. The molecule has 120 valence electrons. The van der Waals surface area contributed by atoms with E-state index in [1.807, 2.05) is 53.3 Å². The highest BCUT2D eigenvalue weighted by atomic mass is 16.2. The number of carbonyl (C=O) groups excluding carboxylic acids is 1. The van der Waals surface area contributed by atoms with Gasteiger partial charge in [-0.1, -0.05) is 42.5 Å². The van der Waals surface area contributed by atoms with Gasteiger partial charge in [-0.2, -0.15) is 5.10 Å². The van der Waals surface area contributed by atoms with Gasteiger partial charge in [-0.3, -0.25) is 9.69 Å². The van der Waals surface area contributed by atoms with Crippen molar-refractivity contribution in [2.45, 2.75) is 12.7 Å². The van der Waals surface area contributed by atoms with E-state index in [0.29, 0.717) is 6.54 Å². The first kappa shape index (κ1) is 14.7. The second kappa shape index (κ2) is 6.29. The van der Waals surface area contributed by atoms with Gasteiger partial charge in [0.1, 0.15) is 6.17 Å². The average molecular weight is 318 g/mol. The first-order chi connectivity index (χ1) is 11.8. The number of carbonyl (C=O) groups is 1. The summed E-state index contributed by atoms with van der Waals surface area (Å²) in [6.07, 6.45) is 3.55. The lowest BCUT2D eigenvalue weighted by molar-refractivity contribution is -0.118. The zero-order valence-corrected chi connectivity index (χ0v) is 13.2. The summed E-state index contributed by atoms with van der Waals surface area (Å²) in [7, 11) is 0. The number of hydrogen-bond donors (Lipinski definition) is 1. The van der Waals surface area contributed by atoms with Crippen molar-refractivity contribution in [3.8, 4) is 5.69 Å². The maximum Gasteiger partial charge on any atom is 0.235 e. The van der Waals surface area contributed by atoms with Crippen LogP contribution in [0.25, 0.3) is 5.69 Å². The lowest BCUT2D eigenvalue weighted by Crippen LogP contribution is -2.27. The molecule has 1 fully saturated rings. The molecule has 1 N–H and O–H groups in total. The molecule has 0 saturated carbocycles. The molecule has 0 spiro atoms. The van der Waals surface area contributed by atoms with Gasteiger partial charge in [-0.25, -0.2) is 4.68 Å². The van der Waals surface area contributed by atoms with E-state index < -0.39 is 0 Å². The zero-order valence-electron chi connectivity index (χ0n) is 13.2. The Kier molecular flexibility index (Phi) is 3.84. The summed E-state index contributed by atoms with van der Waals surface area (Å²) in [4.78, 5) is 14.1. The molecule has 4 rings (SSSR count). The molecule has 1 aromatic heterocycles. The Balaban J connectivity index is 1.62. The third-order valence-electron chi connectivity index (χ3n) is 4.19. The standard InChI is InChI=1S/C19H18N4O/c24-18-14-22(13-15-6-2-1-3-7-15)19(21-18)16-8-4-9-17(12-16)23-11-5-10-20-23/h1-12,19H,13-14H2,(H,21,24)/t19-/m0/s1. The number of nitrogens with zero attached hydrogens (tertiary/aromatic N) is 3. The molecule has 1 aliphatic rings. The van der Waals surface area contributed by atoms with Gasteiger partial charge in [-0.15, -0.1) is 0 Å². The van der Waals surface area contributed by atoms with E-state index in [0.717, 1.165) is 17.8 Å². The monoisotopic (exact) mass is 318 g/mol. The number of nitrogens with one attached hydrogen (secondary N) is 1. The minimum atomic E-state index is -0.117. The molecule has 1 aliphatic heterocycles. The molecule has 5 nitrogen and oxygen atoms in total. The summed E-state index contributed by atoms with van der Waals surface area (Å²) in [5.74, 6) is 0.0559. The fraction of sp³-hybridized carbons (Fsp3) is 0.158. The van der Waals surface area contributed by atoms with E-state index in [1.54, 1.807) is 6.20 Å². The van der Waals surface area contributed by atoms with Crippen molar-refractivity contribution < 1.29 is 4.79 Å². The van der Waals surface area contributed by atoms with Gasteiger partial charge >= 0.3 is 0 Å². The van der Waals surface area contributed by atoms with Crippen LogP contribution >= 0.6 is 0 Å². The largest absolute Gasteiger partial charge is 0.335 e. The van der Waals surface area contributed by atoms with Crippen molar-refractivity contribution in [1.29, 1.82) is 0 Å². The molecule has 2 aromatic carbocycles. The van der Waals surface area contributed by atoms with Gasteiger partial charge in [0.2, 0.25) is 5.91 Å². The van der Waals surface area contributed by atoms with E-state index in [9.17, 15) is 4.79 Å². The van der Waals surface area contributed by atoms with Crippen molar-refractivity contribution in [2.24, 2.45) is 0 Å². The molecular formula is C19H18N4O. The van der Waals surface area contributed by atoms with Crippen LogP contribution in [0, 0.1) is 0 Å². The quantitative estimate of drug-likeness (QED) is 0.804. The van der Waals surface area contributed by atoms with Gasteiger partial charge in [0, 0.05) is 18.9 Å². The van der Waals surface area contributed by atoms with Crippen molar-refractivity contribution in [3.05, 3.63) is 84.2 Å². The number of hydrogen-bond acceptors (Lipinski definition) is 3. The number of rotatable bonds is 4. The van der Waals surface area contributed by atoms with Gasteiger partial charge in [0.25, 0.3) is 0 Å². The molecule has 1 saturated heterocycles. The lowest BCUT2D eigenvalue weighted by Gasteiger charge is -2.24. The van der Waals surface area contributed by atoms with E-state index in [2.05, 4.69) is 33.5 Å². The van der Waals surface area contributed by atoms with E-state index in [1.165, 1.54) is 5.56 Å². The summed E-state index contributed by atoms with van der Waals surface area (Å²) in [6, 6.07) is 20.2. The van der Waals surface area contributed by atoms with E-state index in [4.69, 9.17) is 0 Å². The highest BCUT2D eigenvalue weighted by Gasteiger charge is 2.30. The molecular weight excluding hydrogens is 300 g/mol. The van der Waals surface area contributed by atoms with Crippen LogP contribution < -0.4 is 5.32 Å². The van der Waals surface area contributed by atoms with Crippen molar-refractivity contribution >= 4 is 5.91 Å². The minimum Gasteiger partial charge on any atom is -0.335 e. The maximum absolute atomic E-state index is 12.0. The summed E-state index contributed by atoms with van der Waals surface area (Å²) < 4.78 is 1.82. The topological polar surface area (TPSA) is 50.2 Å². The fourth-order valence-electron chi connectivity index (χ4n) is 3.08. The summed E-state index contributed by atoms with van der Waals surface area (Å²) >= 11 is 0. The van der Waals surface area contributed by atoms with Crippen molar-refractivity contribution in [3.63, 3.8) is 0 Å². The third-order valence-corrected chi connectivity index (χ3v) is 4.19. The van der Waals surface area contributed by atoms with Crippen LogP contribution in [0.2, 0.25) is 0 Å². The minimum absolute atomic E-state index is 0.0559. The van der Waals surface area contributed by atoms with Gasteiger partial charge < -0.3 is 5.32 Å². The van der Waals surface area contributed by atoms with Crippen LogP contribution in [0.1, 0.15) is 17.3 Å². The second-order valence-corrected chi connectivity index (χ2v) is 5.91. The van der Waals surface area contributed by atoms with Crippen molar-refractivity contribution in [2.75, 3.05) is 6.54 Å². The number of amides is 1. The summed E-state index contributed by atoms with van der Waals surface area (Å²) in [6.45, 7) is 1.14. The van der Waals surface area contributed by atoms with Gasteiger partial charge in [0.05, 0.1) is 12.2 Å². The Labute approximate surface area is 140 Å². The van der Waals surface area contributed by atoms with Gasteiger partial charge in [-0.05, 0) is 29.3 Å². The predicted octanol–water partition coefficient (Wildman–Crippen LogP) is 2.50. The Bertz CT molecular complexity index is 830. The van der Waals surface area contributed by atoms with E-state index >= 15 is 0 Å². The Morgan fingerprint density at radius 1 is 1.08 bits per heavy atom. The Hall–Kier alpha value is -2.92. The van der Waals surface area contributed by atoms with Gasteiger partial charge in [0.15, 0.2) is 0 Å². The maximum atomic E-state index is 12.0. The van der Waals surface area contributed by atoms with E-state index in [-0.39, 0.29) is 12.1 Å². The van der Waals surface area contributed by atoms with Crippen LogP contribution in [0.3, 0.4) is 0 Å². The SMILES string of the molecule is O=C1CN(Cc2ccccc2)[C@@H](c2cccc(-n3cccn3)c2)N1. The Morgan fingerprint density at radius 3 is 2.75 bits per heavy atom. The molecule has 0 bridgehead atoms. The van der Waals surface area contributed by atoms with Crippen LogP contribution in [0.15, 0.2) is 73.1 Å². The molecule has 1 amide bonds.